The van der Waals surface area contributed by atoms with Gasteiger partial charge in [-0.2, -0.15) is 0 Å². The third kappa shape index (κ3) is 3.08. The van der Waals surface area contributed by atoms with E-state index >= 15 is 0 Å². The molecule has 0 aliphatic carbocycles. The minimum absolute atomic E-state index is 0.483. The van der Waals surface area contributed by atoms with Crippen LogP contribution in [0.3, 0.4) is 0 Å². The van der Waals surface area contributed by atoms with Crippen LogP contribution in [0.4, 0.5) is 5.69 Å². The first-order chi connectivity index (χ1) is 8.83. The Morgan fingerprint density at radius 3 is 2.61 bits per heavy atom. The fourth-order valence-corrected chi connectivity index (χ4v) is 1.96. The predicted molar refractivity (Wildman–Crippen MR) is 75.3 cm³/mol. The van der Waals surface area contributed by atoms with Crippen LogP contribution in [0, 0.1) is 0 Å². The molecule has 0 amide bonds. The number of pyridine rings is 1. The highest BCUT2D eigenvalue weighted by atomic mass is 15.1. The molecule has 18 heavy (non-hydrogen) atoms. The second-order valence-electron chi connectivity index (χ2n) is 4.21. The van der Waals surface area contributed by atoms with Crippen molar-refractivity contribution < 1.29 is 0 Å². The van der Waals surface area contributed by atoms with Crippen molar-refractivity contribution in [2.24, 2.45) is 5.73 Å². The predicted octanol–water partition coefficient (Wildman–Crippen LogP) is 2.57. The van der Waals surface area contributed by atoms with Gasteiger partial charge in [0.15, 0.2) is 0 Å². The first-order valence-corrected chi connectivity index (χ1v) is 6.27. The van der Waals surface area contributed by atoms with E-state index < -0.39 is 0 Å². The molecular formula is C15H19N3. The topological polar surface area (TPSA) is 42.2 Å². The summed E-state index contributed by atoms with van der Waals surface area (Å²) in [7, 11) is 0. The van der Waals surface area contributed by atoms with Gasteiger partial charge in [-0.25, -0.2) is 0 Å². The molecule has 2 N–H and O–H groups in total. The highest BCUT2D eigenvalue weighted by molar-refractivity contribution is 5.47. The molecule has 2 rings (SSSR count). The summed E-state index contributed by atoms with van der Waals surface area (Å²) in [4.78, 5) is 6.55. The van der Waals surface area contributed by atoms with Crippen LogP contribution in [-0.2, 0) is 13.1 Å². The lowest BCUT2D eigenvalue weighted by atomic mass is 10.2. The quantitative estimate of drug-likeness (QED) is 0.874. The maximum atomic E-state index is 5.63. The zero-order valence-electron chi connectivity index (χ0n) is 10.7. The average Bonchev–Trinajstić information content (AvgIpc) is 2.46. The van der Waals surface area contributed by atoms with Gasteiger partial charge in [-0.15, -0.1) is 0 Å². The molecule has 0 radical (unpaired) electrons. The van der Waals surface area contributed by atoms with Crippen LogP contribution in [0.5, 0.6) is 0 Å². The first-order valence-electron chi connectivity index (χ1n) is 6.27. The van der Waals surface area contributed by atoms with Gasteiger partial charge in [-0.3, -0.25) is 4.98 Å². The van der Waals surface area contributed by atoms with E-state index in [1.165, 1.54) is 11.3 Å². The molecule has 0 spiro atoms. The van der Waals surface area contributed by atoms with E-state index in [-0.39, 0.29) is 0 Å². The third-order valence-electron chi connectivity index (χ3n) is 2.97. The minimum Gasteiger partial charge on any atom is -0.367 e. The van der Waals surface area contributed by atoms with Crippen molar-refractivity contribution in [3.63, 3.8) is 0 Å². The number of aromatic nitrogens is 1. The third-order valence-corrected chi connectivity index (χ3v) is 2.97. The molecular weight excluding hydrogens is 222 g/mol. The summed E-state index contributed by atoms with van der Waals surface area (Å²) in [6.45, 7) is 4.51. The Labute approximate surface area is 108 Å². The summed E-state index contributed by atoms with van der Waals surface area (Å²) in [5.74, 6) is 0. The number of nitrogens with two attached hydrogens (primary N) is 1. The number of rotatable bonds is 5. The summed E-state index contributed by atoms with van der Waals surface area (Å²) < 4.78 is 0. The Hall–Kier alpha value is -1.87. The molecule has 0 atom stereocenters. The number of anilines is 1. The normalized spacial score (nSPS) is 10.3. The van der Waals surface area contributed by atoms with Crippen molar-refractivity contribution in [3.05, 3.63) is 59.9 Å². The van der Waals surface area contributed by atoms with Crippen LogP contribution in [0.25, 0.3) is 0 Å². The van der Waals surface area contributed by atoms with E-state index in [9.17, 15) is 0 Å². The van der Waals surface area contributed by atoms with Crippen molar-refractivity contribution in [2.75, 3.05) is 11.4 Å². The molecule has 1 aromatic carbocycles. The van der Waals surface area contributed by atoms with E-state index in [1.807, 2.05) is 18.3 Å². The molecule has 0 aliphatic rings. The van der Waals surface area contributed by atoms with Crippen LogP contribution in [0.1, 0.15) is 18.2 Å². The summed E-state index contributed by atoms with van der Waals surface area (Å²) in [5, 5.41) is 0. The maximum Gasteiger partial charge on any atom is 0.0560 e. The maximum absolute atomic E-state index is 5.63. The van der Waals surface area contributed by atoms with Crippen molar-refractivity contribution in [1.29, 1.82) is 0 Å². The van der Waals surface area contributed by atoms with E-state index in [0.717, 1.165) is 18.8 Å². The van der Waals surface area contributed by atoms with Gasteiger partial charge < -0.3 is 10.6 Å². The van der Waals surface area contributed by atoms with Crippen molar-refractivity contribution in [3.8, 4) is 0 Å². The molecule has 0 unspecified atom stereocenters. The number of hydrogen-bond donors (Lipinski definition) is 1. The lowest BCUT2D eigenvalue weighted by Crippen LogP contribution is -2.22. The van der Waals surface area contributed by atoms with E-state index in [2.05, 4.69) is 47.1 Å². The van der Waals surface area contributed by atoms with Gasteiger partial charge in [0.25, 0.3) is 0 Å². The summed E-state index contributed by atoms with van der Waals surface area (Å²) in [5.41, 5.74) is 9.05. The van der Waals surface area contributed by atoms with E-state index in [1.54, 1.807) is 0 Å². The molecule has 1 aromatic heterocycles. The highest BCUT2D eigenvalue weighted by Crippen LogP contribution is 2.17. The van der Waals surface area contributed by atoms with E-state index in [4.69, 9.17) is 5.73 Å². The number of hydrogen-bond acceptors (Lipinski definition) is 3. The van der Waals surface area contributed by atoms with Crippen LogP contribution in [0.2, 0.25) is 0 Å². The van der Waals surface area contributed by atoms with Gasteiger partial charge in [0, 0.05) is 31.5 Å². The standard InChI is InChI=1S/C15H19N3/c1-2-18(12-13-6-4-3-5-7-13)15-8-9-17-14(10-15)11-16/h3-10H,2,11-12,16H2,1H3. The smallest absolute Gasteiger partial charge is 0.0560 e. The van der Waals surface area contributed by atoms with Crippen molar-refractivity contribution in [2.45, 2.75) is 20.0 Å². The molecule has 2 aromatic rings. The van der Waals surface area contributed by atoms with Crippen molar-refractivity contribution >= 4 is 5.69 Å². The fraction of sp³-hybridized carbons (Fsp3) is 0.267. The van der Waals surface area contributed by atoms with Gasteiger partial charge in [0.2, 0.25) is 0 Å². The molecule has 0 bridgehead atoms. The fourth-order valence-electron chi connectivity index (χ4n) is 1.96. The Balaban J connectivity index is 2.17. The summed E-state index contributed by atoms with van der Waals surface area (Å²) in [6, 6.07) is 14.6. The Morgan fingerprint density at radius 2 is 1.94 bits per heavy atom. The van der Waals surface area contributed by atoms with Gasteiger partial charge in [-0.05, 0) is 24.6 Å². The van der Waals surface area contributed by atoms with Crippen molar-refractivity contribution in [1.82, 2.24) is 4.98 Å². The monoisotopic (exact) mass is 241 g/mol. The highest BCUT2D eigenvalue weighted by Gasteiger charge is 2.05. The second-order valence-corrected chi connectivity index (χ2v) is 4.21. The van der Waals surface area contributed by atoms with Crippen LogP contribution < -0.4 is 10.6 Å². The minimum atomic E-state index is 0.483. The Morgan fingerprint density at radius 1 is 1.17 bits per heavy atom. The molecule has 3 heteroatoms. The molecule has 1 heterocycles. The largest absolute Gasteiger partial charge is 0.367 e. The van der Waals surface area contributed by atoms with Gasteiger partial charge in [0.1, 0.15) is 0 Å². The summed E-state index contributed by atoms with van der Waals surface area (Å²) >= 11 is 0. The SMILES string of the molecule is CCN(Cc1ccccc1)c1ccnc(CN)c1. The molecule has 0 saturated heterocycles. The molecule has 0 fully saturated rings. The lowest BCUT2D eigenvalue weighted by molar-refractivity contribution is 0.826. The van der Waals surface area contributed by atoms with Crippen LogP contribution in [0.15, 0.2) is 48.7 Å². The summed E-state index contributed by atoms with van der Waals surface area (Å²) in [6.07, 6.45) is 1.82. The first kappa shape index (κ1) is 12.6. The second kappa shape index (κ2) is 6.17. The lowest BCUT2D eigenvalue weighted by Gasteiger charge is -2.23. The van der Waals surface area contributed by atoms with Gasteiger partial charge >= 0.3 is 0 Å². The number of benzene rings is 1. The molecule has 3 nitrogen and oxygen atoms in total. The van der Waals surface area contributed by atoms with Crippen LogP contribution >= 0.6 is 0 Å². The Bertz CT molecular complexity index is 482. The van der Waals surface area contributed by atoms with E-state index in [0.29, 0.717) is 6.54 Å². The van der Waals surface area contributed by atoms with Gasteiger partial charge in [-0.1, -0.05) is 30.3 Å². The zero-order chi connectivity index (χ0) is 12.8. The van der Waals surface area contributed by atoms with Crippen LogP contribution in [-0.4, -0.2) is 11.5 Å². The number of nitrogens with zero attached hydrogens (tertiary/aromatic N) is 2. The van der Waals surface area contributed by atoms with Gasteiger partial charge in [0.05, 0.1) is 5.69 Å². The average molecular weight is 241 g/mol. The molecule has 0 aliphatic heterocycles. The molecule has 94 valence electrons. The Kier molecular flexibility index (Phi) is 4.31. The molecule has 0 saturated carbocycles. The zero-order valence-corrected chi connectivity index (χ0v) is 10.7.